The van der Waals surface area contributed by atoms with Gasteiger partial charge in [-0.3, -0.25) is 4.79 Å². The van der Waals surface area contributed by atoms with E-state index in [0.717, 1.165) is 15.6 Å². The number of carbonyl (C=O) groups is 1. The van der Waals surface area contributed by atoms with E-state index >= 15 is 0 Å². The Morgan fingerprint density at radius 1 is 1.23 bits per heavy atom. The van der Waals surface area contributed by atoms with Crippen LogP contribution in [-0.4, -0.2) is 45.4 Å². The van der Waals surface area contributed by atoms with Gasteiger partial charge in [0.1, 0.15) is 5.09 Å². The second-order valence-electron chi connectivity index (χ2n) is 7.97. The normalized spacial score (nSPS) is 16.5. The number of allylic oxidation sites excluding steroid dienone is 1. The van der Waals surface area contributed by atoms with Crippen LogP contribution in [-0.2, 0) is 9.16 Å². The summed E-state index contributed by atoms with van der Waals surface area (Å²) in [6.07, 6.45) is 2.00. The molecule has 1 heterocycles. The molecule has 4 nitrogen and oxygen atoms in total. The highest BCUT2D eigenvalue weighted by Crippen LogP contribution is 2.41. The summed E-state index contributed by atoms with van der Waals surface area (Å²) < 4.78 is 11.8. The molecule has 26 heavy (non-hydrogen) atoms. The van der Waals surface area contributed by atoms with Crippen LogP contribution in [0.5, 0.6) is 0 Å². The summed E-state index contributed by atoms with van der Waals surface area (Å²) >= 11 is 1.55. The Morgan fingerprint density at radius 3 is 2.42 bits per heavy atom. The van der Waals surface area contributed by atoms with E-state index < -0.39 is 8.32 Å². The first-order valence-corrected chi connectivity index (χ1v) is 12.9. The molecule has 6 heteroatoms. The summed E-state index contributed by atoms with van der Waals surface area (Å²) in [4.78, 5) is 15.7. The van der Waals surface area contributed by atoms with Crippen molar-refractivity contribution in [3.63, 3.8) is 0 Å². The number of rotatable bonds is 5. The average molecular weight is 394 g/mol. The van der Waals surface area contributed by atoms with E-state index in [9.17, 15) is 4.79 Å². The second-order valence-corrected chi connectivity index (χ2v) is 13.7. The van der Waals surface area contributed by atoms with E-state index in [1.807, 2.05) is 42.2 Å². The third-order valence-electron chi connectivity index (χ3n) is 5.02. The number of carbonyl (C=O) groups excluding carboxylic acids is 1. The Balaban J connectivity index is 2.19. The van der Waals surface area contributed by atoms with Crippen LogP contribution in [0.4, 0.5) is 0 Å². The Hall–Kier alpha value is -1.24. The van der Waals surface area contributed by atoms with Gasteiger partial charge in [-0.05, 0) is 43.3 Å². The lowest BCUT2D eigenvalue weighted by Gasteiger charge is -2.37. The average Bonchev–Trinajstić information content (AvgIpc) is 2.60. The minimum Gasteiger partial charge on any atom is -0.539 e. The summed E-state index contributed by atoms with van der Waals surface area (Å²) in [5, 5.41) is 1.00. The van der Waals surface area contributed by atoms with Crippen LogP contribution < -0.4 is 0 Å². The summed E-state index contributed by atoms with van der Waals surface area (Å²) in [5.74, 6) is 0.0687. The molecule has 144 valence electrons. The fourth-order valence-corrected chi connectivity index (χ4v) is 4.79. The molecule has 0 atom stereocenters. The topological polar surface area (TPSA) is 38.8 Å². The largest absolute Gasteiger partial charge is 0.539 e. The molecule has 2 rings (SSSR count). The van der Waals surface area contributed by atoms with Gasteiger partial charge in [-0.25, -0.2) is 0 Å². The maximum absolute atomic E-state index is 12.9. The monoisotopic (exact) mass is 393 g/mol. The molecule has 1 saturated heterocycles. The van der Waals surface area contributed by atoms with Crippen molar-refractivity contribution in [2.24, 2.45) is 0 Å². The molecule has 1 aliphatic rings. The number of hydrogen-bond acceptors (Lipinski definition) is 4. The lowest BCUT2D eigenvalue weighted by molar-refractivity contribution is 0.0300. The molecule has 0 saturated carbocycles. The van der Waals surface area contributed by atoms with Crippen molar-refractivity contribution in [3.8, 4) is 0 Å². The van der Waals surface area contributed by atoms with Gasteiger partial charge >= 0.3 is 0 Å². The molecule has 1 fully saturated rings. The molecule has 0 aromatic heterocycles. The van der Waals surface area contributed by atoms with Crippen LogP contribution in [0.3, 0.4) is 0 Å². The molecule has 1 aliphatic heterocycles. The molecule has 0 unspecified atom stereocenters. The van der Waals surface area contributed by atoms with Crippen LogP contribution in [0.25, 0.3) is 0 Å². The lowest BCUT2D eigenvalue weighted by atomic mass is 10.2. The Kier molecular flexibility index (Phi) is 6.99. The Labute approximate surface area is 163 Å². The van der Waals surface area contributed by atoms with Gasteiger partial charge in [0.05, 0.1) is 18.8 Å². The maximum Gasteiger partial charge on any atom is 0.255 e. The van der Waals surface area contributed by atoms with Crippen LogP contribution in [0.2, 0.25) is 18.1 Å². The molecule has 0 radical (unpaired) electrons. The van der Waals surface area contributed by atoms with Crippen LogP contribution in [0.1, 0.15) is 38.1 Å². The molecule has 0 spiro atoms. The summed E-state index contributed by atoms with van der Waals surface area (Å²) in [5.41, 5.74) is 0.734. The first kappa shape index (κ1) is 21.1. The lowest BCUT2D eigenvalue weighted by Crippen LogP contribution is -2.41. The van der Waals surface area contributed by atoms with Gasteiger partial charge in [0.15, 0.2) is 0 Å². The van der Waals surface area contributed by atoms with Gasteiger partial charge in [-0.15, -0.1) is 0 Å². The highest BCUT2D eigenvalue weighted by molar-refractivity contribution is 8.03. The Bertz CT molecular complexity index is 661. The van der Waals surface area contributed by atoms with Crippen LogP contribution in [0.15, 0.2) is 40.3 Å². The quantitative estimate of drug-likeness (QED) is 0.395. The predicted octanol–water partition coefficient (Wildman–Crippen LogP) is 5.13. The molecule has 0 bridgehead atoms. The molecule has 1 aromatic carbocycles. The second kappa shape index (κ2) is 8.63. The number of hydrogen-bond donors (Lipinski definition) is 0. The molecular weight excluding hydrogens is 362 g/mol. The number of thioether (sulfide) groups is 1. The zero-order valence-electron chi connectivity index (χ0n) is 16.8. The van der Waals surface area contributed by atoms with Gasteiger partial charge in [0.25, 0.3) is 14.2 Å². The number of amides is 1. The smallest absolute Gasteiger partial charge is 0.255 e. The van der Waals surface area contributed by atoms with Gasteiger partial charge < -0.3 is 14.1 Å². The van der Waals surface area contributed by atoms with E-state index in [1.54, 1.807) is 11.8 Å². The molecule has 0 aliphatic carbocycles. The van der Waals surface area contributed by atoms with Crippen LogP contribution >= 0.6 is 11.8 Å². The van der Waals surface area contributed by atoms with E-state index in [1.165, 1.54) is 0 Å². The first-order chi connectivity index (χ1) is 12.2. The summed E-state index contributed by atoms with van der Waals surface area (Å²) in [6, 6.07) is 7.79. The third kappa shape index (κ3) is 5.15. The third-order valence-corrected chi connectivity index (χ3v) is 10.6. The van der Waals surface area contributed by atoms with Gasteiger partial charge in [0, 0.05) is 18.0 Å². The fourth-order valence-electron chi connectivity index (χ4n) is 2.32. The van der Waals surface area contributed by atoms with Crippen molar-refractivity contribution in [3.05, 3.63) is 41.0 Å². The number of nitrogens with zero attached hydrogens (tertiary/aromatic N) is 1. The van der Waals surface area contributed by atoms with E-state index in [0.29, 0.717) is 26.3 Å². The van der Waals surface area contributed by atoms with Crippen molar-refractivity contribution >= 4 is 26.0 Å². The minimum atomic E-state index is -1.92. The van der Waals surface area contributed by atoms with E-state index in [4.69, 9.17) is 9.16 Å². The zero-order valence-corrected chi connectivity index (χ0v) is 18.6. The molecular formula is C20H31NO3SSi. The Morgan fingerprint density at radius 2 is 1.85 bits per heavy atom. The van der Waals surface area contributed by atoms with E-state index in [2.05, 4.69) is 33.9 Å². The van der Waals surface area contributed by atoms with E-state index in [-0.39, 0.29) is 10.9 Å². The van der Waals surface area contributed by atoms with Crippen molar-refractivity contribution < 1.29 is 14.0 Å². The molecule has 1 amide bonds. The predicted molar refractivity (Wildman–Crippen MR) is 111 cm³/mol. The van der Waals surface area contributed by atoms with Crippen molar-refractivity contribution in [2.45, 2.75) is 50.7 Å². The zero-order chi connectivity index (χ0) is 19.4. The van der Waals surface area contributed by atoms with Crippen molar-refractivity contribution in [1.29, 1.82) is 0 Å². The molecule has 1 aromatic rings. The van der Waals surface area contributed by atoms with Gasteiger partial charge in [-0.2, -0.15) is 0 Å². The summed E-state index contributed by atoms with van der Waals surface area (Å²) in [6.45, 7) is 15.7. The highest BCUT2D eigenvalue weighted by atomic mass is 32.2. The number of benzene rings is 1. The SMILES string of the molecule is C/C=C(\O[Si](C)(C)C(C)(C)C)Sc1ccccc1C(=O)N1CCOCC1. The highest BCUT2D eigenvalue weighted by Gasteiger charge is 2.39. The number of ether oxygens (including phenoxy) is 1. The van der Waals surface area contributed by atoms with Gasteiger partial charge in [0.2, 0.25) is 0 Å². The fraction of sp³-hybridized carbons (Fsp3) is 0.550. The number of morpholine rings is 1. The standard InChI is InChI=1S/C20H31NO3SSi/c1-7-18(24-26(5,6)20(2,3)4)25-17-11-9-8-10-16(17)19(22)21-12-14-23-15-13-21/h7-11H,12-15H2,1-6H3/b18-7+. The maximum atomic E-state index is 12.9. The van der Waals surface area contributed by atoms with Crippen LogP contribution in [0, 0.1) is 0 Å². The minimum absolute atomic E-state index is 0.0687. The molecule has 0 N–H and O–H groups in total. The van der Waals surface area contributed by atoms with Gasteiger partial charge in [-0.1, -0.05) is 44.7 Å². The van der Waals surface area contributed by atoms with Crippen molar-refractivity contribution in [2.75, 3.05) is 26.3 Å². The first-order valence-electron chi connectivity index (χ1n) is 9.15. The van der Waals surface area contributed by atoms with Crippen molar-refractivity contribution in [1.82, 2.24) is 4.90 Å². The summed E-state index contributed by atoms with van der Waals surface area (Å²) in [7, 11) is -1.92.